The Balaban J connectivity index is 1.96. The minimum Gasteiger partial charge on any atom is -0.379 e. The molecular formula is C14H11N5O2. The first-order valence-corrected chi connectivity index (χ1v) is 6.25. The molecule has 3 aromatic rings. The summed E-state index contributed by atoms with van der Waals surface area (Å²) in [6, 6.07) is 6.62. The topological polar surface area (TPSA) is 93.8 Å². The number of benzene rings is 1. The third-order valence-electron chi connectivity index (χ3n) is 3.09. The highest BCUT2D eigenvalue weighted by Crippen LogP contribution is 2.30. The molecule has 0 radical (unpaired) electrons. The highest BCUT2D eigenvalue weighted by atomic mass is 16.6. The predicted molar refractivity (Wildman–Crippen MR) is 77.8 cm³/mol. The van der Waals surface area contributed by atoms with Gasteiger partial charge in [-0.05, 0) is 18.2 Å². The third kappa shape index (κ3) is 2.62. The number of aromatic nitrogens is 3. The molecule has 0 unspecified atom stereocenters. The van der Waals surface area contributed by atoms with E-state index in [4.69, 9.17) is 0 Å². The molecule has 2 aromatic heterocycles. The van der Waals surface area contributed by atoms with Gasteiger partial charge < -0.3 is 5.32 Å². The number of hydrogen-bond donors (Lipinski definition) is 1. The summed E-state index contributed by atoms with van der Waals surface area (Å²) in [5.74, 6) is 0. The molecule has 0 aliphatic rings. The number of nitrogens with zero attached hydrogens (tertiary/aromatic N) is 4. The Hall–Kier alpha value is -3.09. The number of pyridine rings is 1. The van der Waals surface area contributed by atoms with Crippen LogP contribution in [0.5, 0.6) is 0 Å². The first-order valence-electron chi connectivity index (χ1n) is 6.25. The van der Waals surface area contributed by atoms with Gasteiger partial charge in [0, 0.05) is 35.7 Å². The van der Waals surface area contributed by atoms with Crippen molar-refractivity contribution < 1.29 is 4.92 Å². The number of nitro benzene ring substituents is 1. The zero-order valence-electron chi connectivity index (χ0n) is 10.9. The fourth-order valence-electron chi connectivity index (χ4n) is 2.10. The zero-order chi connectivity index (χ0) is 14.7. The van der Waals surface area contributed by atoms with E-state index in [0.717, 1.165) is 11.4 Å². The van der Waals surface area contributed by atoms with E-state index in [-0.39, 0.29) is 5.69 Å². The van der Waals surface area contributed by atoms with Crippen molar-refractivity contribution in [3.05, 3.63) is 65.0 Å². The summed E-state index contributed by atoms with van der Waals surface area (Å²) < 4.78 is 0. The molecule has 2 heterocycles. The van der Waals surface area contributed by atoms with Crippen LogP contribution in [0.1, 0.15) is 5.69 Å². The SMILES string of the molecule is O=[N+]([O-])c1ccc(NCc2ccncn2)c2cnccc12. The Bertz CT molecular complexity index is 792. The number of fused-ring (bicyclic) bond motifs is 1. The van der Waals surface area contributed by atoms with Gasteiger partial charge in [-0.2, -0.15) is 0 Å². The summed E-state index contributed by atoms with van der Waals surface area (Å²) in [5.41, 5.74) is 1.68. The van der Waals surface area contributed by atoms with E-state index in [0.29, 0.717) is 17.3 Å². The average Bonchev–Trinajstić information content (AvgIpc) is 2.53. The Morgan fingerprint density at radius 1 is 1.10 bits per heavy atom. The van der Waals surface area contributed by atoms with Crippen LogP contribution in [0.3, 0.4) is 0 Å². The van der Waals surface area contributed by atoms with Gasteiger partial charge in [0.2, 0.25) is 0 Å². The van der Waals surface area contributed by atoms with Crippen molar-refractivity contribution in [2.75, 3.05) is 5.32 Å². The van der Waals surface area contributed by atoms with E-state index in [1.165, 1.54) is 12.4 Å². The number of nitro groups is 1. The molecule has 0 aliphatic heterocycles. The monoisotopic (exact) mass is 281 g/mol. The molecule has 7 nitrogen and oxygen atoms in total. The van der Waals surface area contributed by atoms with Gasteiger partial charge in [-0.25, -0.2) is 9.97 Å². The lowest BCUT2D eigenvalue weighted by Crippen LogP contribution is -2.02. The van der Waals surface area contributed by atoms with Crippen molar-refractivity contribution >= 4 is 22.1 Å². The number of anilines is 1. The van der Waals surface area contributed by atoms with Gasteiger partial charge >= 0.3 is 0 Å². The number of nitrogens with one attached hydrogen (secondary N) is 1. The van der Waals surface area contributed by atoms with Crippen LogP contribution in [-0.2, 0) is 6.54 Å². The summed E-state index contributed by atoms with van der Waals surface area (Å²) in [5, 5.41) is 15.5. The second-order valence-electron chi connectivity index (χ2n) is 4.36. The van der Waals surface area contributed by atoms with Gasteiger partial charge in [0.05, 0.1) is 22.5 Å². The Labute approximate surface area is 119 Å². The molecule has 104 valence electrons. The molecule has 1 aromatic carbocycles. The molecule has 0 saturated heterocycles. The van der Waals surface area contributed by atoms with Crippen LogP contribution in [0.4, 0.5) is 11.4 Å². The summed E-state index contributed by atoms with van der Waals surface area (Å²) in [7, 11) is 0. The lowest BCUT2D eigenvalue weighted by atomic mass is 10.1. The number of rotatable bonds is 4. The van der Waals surface area contributed by atoms with Crippen molar-refractivity contribution in [3.63, 3.8) is 0 Å². The average molecular weight is 281 g/mol. The molecule has 7 heteroatoms. The van der Waals surface area contributed by atoms with Gasteiger partial charge in [0.25, 0.3) is 5.69 Å². The first-order chi connectivity index (χ1) is 10.3. The standard InChI is InChI=1S/C14H11N5O2/c20-19(21)14-2-1-13(12-8-15-6-4-11(12)14)17-7-10-3-5-16-9-18-10/h1-6,8-9,17H,7H2. The lowest BCUT2D eigenvalue weighted by Gasteiger charge is -2.09. The minimum atomic E-state index is -0.392. The molecule has 0 fully saturated rings. The molecule has 0 bridgehead atoms. The van der Waals surface area contributed by atoms with Crippen LogP contribution in [0.15, 0.2) is 49.2 Å². The predicted octanol–water partition coefficient (Wildman–Crippen LogP) is 2.55. The van der Waals surface area contributed by atoms with E-state index in [2.05, 4.69) is 20.3 Å². The van der Waals surface area contributed by atoms with Gasteiger partial charge in [-0.1, -0.05) is 0 Å². The molecular weight excluding hydrogens is 270 g/mol. The highest BCUT2D eigenvalue weighted by Gasteiger charge is 2.13. The van der Waals surface area contributed by atoms with Crippen LogP contribution in [0.25, 0.3) is 10.8 Å². The van der Waals surface area contributed by atoms with E-state index in [1.54, 1.807) is 36.8 Å². The zero-order valence-corrected chi connectivity index (χ0v) is 10.9. The molecule has 0 spiro atoms. The normalized spacial score (nSPS) is 10.5. The molecule has 0 aliphatic carbocycles. The Morgan fingerprint density at radius 2 is 1.95 bits per heavy atom. The van der Waals surface area contributed by atoms with Crippen molar-refractivity contribution in [2.45, 2.75) is 6.54 Å². The Morgan fingerprint density at radius 3 is 2.71 bits per heavy atom. The van der Waals surface area contributed by atoms with Gasteiger partial charge in [-0.3, -0.25) is 15.1 Å². The number of non-ortho nitro benzene ring substituents is 1. The maximum absolute atomic E-state index is 11.1. The summed E-state index contributed by atoms with van der Waals surface area (Å²) in [6.45, 7) is 0.504. The van der Waals surface area contributed by atoms with Crippen LogP contribution in [-0.4, -0.2) is 19.9 Å². The van der Waals surface area contributed by atoms with Crippen molar-refractivity contribution in [2.24, 2.45) is 0 Å². The Kier molecular flexibility index (Phi) is 3.38. The van der Waals surface area contributed by atoms with Crippen molar-refractivity contribution in [1.82, 2.24) is 15.0 Å². The first kappa shape index (κ1) is 12.9. The van der Waals surface area contributed by atoms with E-state index in [1.807, 2.05) is 0 Å². The van der Waals surface area contributed by atoms with Crippen LogP contribution in [0.2, 0.25) is 0 Å². The quantitative estimate of drug-likeness (QED) is 0.583. The molecule has 0 amide bonds. The lowest BCUT2D eigenvalue weighted by molar-refractivity contribution is -0.383. The van der Waals surface area contributed by atoms with Crippen molar-refractivity contribution in [3.8, 4) is 0 Å². The maximum atomic E-state index is 11.1. The minimum absolute atomic E-state index is 0.0694. The van der Waals surface area contributed by atoms with E-state index in [9.17, 15) is 10.1 Å². The molecule has 0 atom stereocenters. The largest absolute Gasteiger partial charge is 0.379 e. The summed E-state index contributed by atoms with van der Waals surface area (Å²) in [4.78, 5) is 22.7. The molecule has 0 saturated carbocycles. The van der Waals surface area contributed by atoms with Crippen LogP contribution >= 0.6 is 0 Å². The van der Waals surface area contributed by atoms with Gasteiger partial charge in [0.15, 0.2) is 0 Å². The van der Waals surface area contributed by atoms with Crippen LogP contribution < -0.4 is 5.32 Å². The van der Waals surface area contributed by atoms with Gasteiger partial charge in [-0.15, -0.1) is 0 Å². The second kappa shape index (κ2) is 5.49. The van der Waals surface area contributed by atoms with Crippen molar-refractivity contribution in [1.29, 1.82) is 0 Å². The fraction of sp³-hybridized carbons (Fsp3) is 0.0714. The second-order valence-corrected chi connectivity index (χ2v) is 4.36. The number of hydrogen-bond acceptors (Lipinski definition) is 6. The fourth-order valence-corrected chi connectivity index (χ4v) is 2.10. The summed E-state index contributed by atoms with van der Waals surface area (Å²) >= 11 is 0. The third-order valence-corrected chi connectivity index (χ3v) is 3.09. The smallest absolute Gasteiger partial charge is 0.277 e. The highest BCUT2D eigenvalue weighted by molar-refractivity contribution is 5.99. The molecule has 3 rings (SSSR count). The van der Waals surface area contributed by atoms with Gasteiger partial charge in [0.1, 0.15) is 6.33 Å². The summed E-state index contributed by atoms with van der Waals surface area (Å²) in [6.07, 6.45) is 6.31. The maximum Gasteiger partial charge on any atom is 0.277 e. The van der Waals surface area contributed by atoms with E-state index < -0.39 is 4.92 Å². The molecule has 21 heavy (non-hydrogen) atoms. The molecule has 1 N–H and O–H groups in total. The van der Waals surface area contributed by atoms with Crippen LogP contribution in [0, 0.1) is 10.1 Å². The van der Waals surface area contributed by atoms with E-state index >= 15 is 0 Å².